The SMILES string of the molecule is Cn1c2c(c(=O)n(C)c1=O)C(NCc1ccccc1)CC=CN2Cc1ccccc1. The van der Waals surface area contributed by atoms with E-state index in [0.29, 0.717) is 30.9 Å². The molecule has 0 saturated carbocycles. The molecule has 2 heterocycles. The zero-order valence-corrected chi connectivity index (χ0v) is 17.3. The van der Waals surface area contributed by atoms with E-state index in [9.17, 15) is 9.59 Å². The molecule has 6 heteroatoms. The molecule has 154 valence electrons. The van der Waals surface area contributed by atoms with Gasteiger partial charge in [-0.05, 0) is 17.5 Å². The molecule has 1 aliphatic rings. The van der Waals surface area contributed by atoms with E-state index in [4.69, 9.17) is 0 Å². The van der Waals surface area contributed by atoms with Crippen molar-refractivity contribution in [1.82, 2.24) is 14.5 Å². The van der Waals surface area contributed by atoms with Gasteiger partial charge in [0.15, 0.2) is 0 Å². The zero-order valence-electron chi connectivity index (χ0n) is 17.3. The molecule has 0 aliphatic carbocycles. The molecule has 2 aromatic carbocycles. The van der Waals surface area contributed by atoms with Crippen molar-refractivity contribution in [2.45, 2.75) is 25.6 Å². The molecular weight excluding hydrogens is 376 g/mol. The summed E-state index contributed by atoms with van der Waals surface area (Å²) in [4.78, 5) is 27.9. The van der Waals surface area contributed by atoms with E-state index in [0.717, 1.165) is 11.1 Å². The monoisotopic (exact) mass is 402 g/mol. The highest BCUT2D eigenvalue weighted by atomic mass is 16.2. The van der Waals surface area contributed by atoms with Gasteiger partial charge >= 0.3 is 5.69 Å². The molecule has 1 aliphatic heterocycles. The maximum atomic E-state index is 13.2. The van der Waals surface area contributed by atoms with Crippen LogP contribution in [-0.2, 0) is 27.2 Å². The third kappa shape index (κ3) is 3.86. The van der Waals surface area contributed by atoms with Crippen molar-refractivity contribution in [2.24, 2.45) is 14.1 Å². The molecule has 1 atom stereocenters. The van der Waals surface area contributed by atoms with Gasteiger partial charge in [0.05, 0.1) is 5.56 Å². The number of fused-ring (bicyclic) bond motifs is 1. The zero-order chi connectivity index (χ0) is 21.1. The van der Waals surface area contributed by atoms with E-state index in [2.05, 4.69) is 23.5 Å². The van der Waals surface area contributed by atoms with Crippen molar-refractivity contribution >= 4 is 5.82 Å². The second-order valence-electron chi connectivity index (χ2n) is 7.60. The van der Waals surface area contributed by atoms with E-state index >= 15 is 0 Å². The number of nitrogens with zero attached hydrogens (tertiary/aromatic N) is 3. The summed E-state index contributed by atoms with van der Waals surface area (Å²) in [5.41, 5.74) is 2.30. The Morgan fingerprint density at radius 3 is 2.20 bits per heavy atom. The first-order chi connectivity index (χ1) is 14.6. The Hall–Kier alpha value is -3.38. The molecule has 1 aromatic heterocycles. The highest BCUT2D eigenvalue weighted by molar-refractivity contribution is 5.53. The lowest BCUT2D eigenvalue weighted by atomic mass is 10.0. The molecule has 0 amide bonds. The fourth-order valence-corrected chi connectivity index (χ4v) is 3.95. The van der Waals surface area contributed by atoms with Gasteiger partial charge in [-0.3, -0.25) is 13.9 Å². The standard InChI is InChI=1S/C24H26N4O2/c1-26-22-21(23(29)27(2)24(26)30)20(25-16-18-10-5-3-6-11-18)14-9-15-28(22)17-19-12-7-4-8-13-19/h3-13,15,20,25H,14,16-17H2,1-2H3. The number of aromatic nitrogens is 2. The molecule has 3 aromatic rings. The Morgan fingerprint density at radius 2 is 1.53 bits per heavy atom. The summed E-state index contributed by atoms with van der Waals surface area (Å²) in [6.45, 7) is 1.22. The lowest BCUT2D eigenvalue weighted by Crippen LogP contribution is -2.43. The normalized spacial score (nSPS) is 15.7. The van der Waals surface area contributed by atoms with E-state index in [1.165, 1.54) is 4.57 Å². The van der Waals surface area contributed by atoms with Gasteiger partial charge in [-0.15, -0.1) is 0 Å². The predicted molar refractivity (Wildman–Crippen MR) is 119 cm³/mol. The Balaban J connectivity index is 1.77. The van der Waals surface area contributed by atoms with Crippen molar-refractivity contribution in [2.75, 3.05) is 4.90 Å². The van der Waals surface area contributed by atoms with Crippen LogP contribution in [0.15, 0.2) is 82.5 Å². The van der Waals surface area contributed by atoms with Gasteiger partial charge in [0.2, 0.25) is 0 Å². The highest BCUT2D eigenvalue weighted by Crippen LogP contribution is 2.29. The molecule has 0 spiro atoms. The Kier molecular flexibility index (Phi) is 5.68. The van der Waals surface area contributed by atoms with Crippen LogP contribution in [0.1, 0.15) is 29.2 Å². The van der Waals surface area contributed by atoms with Crippen molar-refractivity contribution in [3.05, 3.63) is 110 Å². The van der Waals surface area contributed by atoms with Gasteiger partial charge in [0, 0.05) is 39.4 Å². The molecule has 0 bridgehead atoms. The van der Waals surface area contributed by atoms with E-state index in [1.807, 2.05) is 59.6 Å². The van der Waals surface area contributed by atoms with Crippen molar-refractivity contribution < 1.29 is 0 Å². The maximum absolute atomic E-state index is 13.2. The van der Waals surface area contributed by atoms with Crippen LogP contribution in [0.25, 0.3) is 0 Å². The number of hydrogen-bond acceptors (Lipinski definition) is 4. The van der Waals surface area contributed by atoms with Crippen LogP contribution < -0.4 is 21.5 Å². The minimum Gasteiger partial charge on any atom is -0.330 e. The van der Waals surface area contributed by atoms with E-state index in [-0.39, 0.29) is 17.3 Å². The summed E-state index contributed by atoms with van der Waals surface area (Å²) in [5, 5.41) is 3.53. The summed E-state index contributed by atoms with van der Waals surface area (Å²) in [7, 11) is 3.27. The second-order valence-corrected chi connectivity index (χ2v) is 7.60. The third-order valence-electron chi connectivity index (χ3n) is 5.54. The summed E-state index contributed by atoms with van der Waals surface area (Å²) in [5.74, 6) is 0.645. The fraction of sp³-hybridized carbons (Fsp3) is 0.250. The number of rotatable bonds is 5. The Labute approximate surface area is 175 Å². The van der Waals surface area contributed by atoms with Crippen molar-refractivity contribution in [1.29, 1.82) is 0 Å². The van der Waals surface area contributed by atoms with E-state index in [1.54, 1.807) is 18.7 Å². The van der Waals surface area contributed by atoms with Gasteiger partial charge in [0.1, 0.15) is 5.82 Å². The minimum absolute atomic E-state index is 0.192. The number of benzene rings is 2. The summed E-state index contributed by atoms with van der Waals surface area (Å²) < 4.78 is 2.77. The first-order valence-corrected chi connectivity index (χ1v) is 10.1. The van der Waals surface area contributed by atoms with Crippen LogP contribution in [0.2, 0.25) is 0 Å². The molecule has 4 rings (SSSR count). The lowest BCUT2D eigenvalue weighted by Gasteiger charge is -2.27. The van der Waals surface area contributed by atoms with Crippen molar-refractivity contribution in [3.8, 4) is 0 Å². The van der Waals surface area contributed by atoms with Gasteiger partial charge < -0.3 is 10.2 Å². The molecule has 0 radical (unpaired) electrons. The average Bonchev–Trinajstić information content (AvgIpc) is 2.95. The lowest BCUT2D eigenvalue weighted by molar-refractivity contribution is 0.521. The van der Waals surface area contributed by atoms with Crippen LogP contribution >= 0.6 is 0 Å². The van der Waals surface area contributed by atoms with Crippen LogP contribution in [-0.4, -0.2) is 9.13 Å². The molecule has 0 saturated heterocycles. The van der Waals surface area contributed by atoms with Crippen LogP contribution in [0, 0.1) is 0 Å². The largest absolute Gasteiger partial charge is 0.332 e. The van der Waals surface area contributed by atoms with E-state index < -0.39 is 0 Å². The topological polar surface area (TPSA) is 59.3 Å². The van der Waals surface area contributed by atoms with Gasteiger partial charge in [-0.2, -0.15) is 0 Å². The Morgan fingerprint density at radius 1 is 0.900 bits per heavy atom. The minimum atomic E-state index is -0.325. The van der Waals surface area contributed by atoms with Crippen LogP contribution in [0.3, 0.4) is 0 Å². The first kappa shape index (κ1) is 19.9. The van der Waals surface area contributed by atoms with Crippen LogP contribution in [0.4, 0.5) is 5.82 Å². The van der Waals surface area contributed by atoms with Crippen molar-refractivity contribution in [3.63, 3.8) is 0 Å². The van der Waals surface area contributed by atoms with Gasteiger partial charge in [-0.1, -0.05) is 66.7 Å². The highest BCUT2D eigenvalue weighted by Gasteiger charge is 2.27. The molecule has 6 nitrogen and oxygen atoms in total. The number of hydrogen-bond donors (Lipinski definition) is 1. The first-order valence-electron chi connectivity index (χ1n) is 10.1. The second kappa shape index (κ2) is 8.55. The number of anilines is 1. The summed E-state index contributed by atoms with van der Waals surface area (Å²) in [6, 6.07) is 20.0. The average molecular weight is 402 g/mol. The maximum Gasteiger partial charge on any atom is 0.332 e. The Bertz CT molecular complexity index is 1160. The molecular formula is C24H26N4O2. The van der Waals surface area contributed by atoms with Gasteiger partial charge in [-0.25, -0.2) is 4.79 Å². The fourth-order valence-electron chi connectivity index (χ4n) is 3.95. The number of nitrogens with one attached hydrogen (secondary N) is 1. The van der Waals surface area contributed by atoms with Gasteiger partial charge in [0.25, 0.3) is 5.56 Å². The summed E-state index contributed by atoms with van der Waals surface area (Å²) in [6.07, 6.45) is 4.71. The predicted octanol–water partition coefficient (Wildman–Crippen LogP) is 2.84. The molecule has 1 unspecified atom stereocenters. The molecule has 1 N–H and O–H groups in total. The molecule has 30 heavy (non-hydrogen) atoms. The third-order valence-corrected chi connectivity index (χ3v) is 5.54. The molecule has 0 fully saturated rings. The quantitative estimate of drug-likeness (QED) is 0.713. The smallest absolute Gasteiger partial charge is 0.330 e. The summed E-state index contributed by atoms with van der Waals surface area (Å²) >= 11 is 0. The van der Waals surface area contributed by atoms with Crippen LogP contribution in [0.5, 0.6) is 0 Å².